The molecular formula is C11H16O2. The van der Waals surface area contributed by atoms with Crippen molar-refractivity contribution in [3.63, 3.8) is 0 Å². The number of hydrogen-bond donors (Lipinski definition) is 0. The molecule has 2 nitrogen and oxygen atoms in total. The van der Waals surface area contributed by atoms with Crippen molar-refractivity contribution in [3.05, 3.63) is 23.8 Å². The molecule has 0 amide bonds. The zero-order chi connectivity index (χ0) is 12.2. The Morgan fingerprint density at radius 1 is 1.31 bits per heavy atom. The van der Waals surface area contributed by atoms with Crippen LogP contribution in [-0.4, -0.2) is 14.1 Å². The molecule has 0 heterocycles. The fraction of sp³-hybridized carbons (Fsp3) is 0.455. The third kappa shape index (κ3) is 2.38. The average Bonchev–Trinajstić information content (AvgIpc) is 2.18. The highest BCUT2D eigenvalue weighted by Gasteiger charge is 2.02. The van der Waals surface area contributed by atoms with Crippen LogP contribution in [0.1, 0.15) is 23.0 Å². The lowest BCUT2D eigenvalue weighted by molar-refractivity contribution is 0.354. The molecule has 0 fully saturated rings. The van der Waals surface area contributed by atoms with Crippen molar-refractivity contribution in [2.75, 3.05) is 14.1 Å². The van der Waals surface area contributed by atoms with Gasteiger partial charge in [-0.25, -0.2) is 0 Å². The molecule has 1 aromatic carbocycles. The summed E-state index contributed by atoms with van der Waals surface area (Å²) in [5.74, 6) is 0.712. The first-order valence-corrected chi connectivity index (χ1v) is 4.32. The molecule has 13 heavy (non-hydrogen) atoms. The highest BCUT2D eigenvalue weighted by molar-refractivity contribution is 5.42. The molecule has 0 aromatic heterocycles. The summed E-state index contributed by atoms with van der Waals surface area (Å²) in [6.07, 6.45) is 1.97. The molecule has 2 heteroatoms. The molecule has 0 saturated carbocycles. The second-order valence-corrected chi connectivity index (χ2v) is 2.84. The Labute approximate surface area is 83.7 Å². The second-order valence-electron chi connectivity index (χ2n) is 2.84. The lowest BCUT2D eigenvalue weighted by atomic mass is 10.1. The van der Waals surface area contributed by atoms with E-state index in [1.807, 2.05) is 12.1 Å². The van der Waals surface area contributed by atoms with Gasteiger partial charge in [-0.1, -0.05) is 19.4 Å². The summed E-state index contributed by atoms with van der Waals surface area (Å²) in [4.78, 5) is 0. The van der Waals surface area contributed by atoms with Crippen LogP contribution in [0.15, 0.2) is 18.2 Å². The second kappa shape index (κ2) is 4.75. The Balaban J connectivity index is 2.93. The van der Waals surface area contributed by atoms with Gasteiger partial charge in [-0.15, -0.1) is 0 Å². The molecule has 0 aliphatic heterocycles. The Morgan fingerprint density at radius 3 is 2.77 bits per heavy atom. The fourth-order valence-corrected chi connectivity index (χ4v) is 1.24. The first kappa shape index (κ1) is 6.30. The SMILES string of the molecule is [2H]C([2H])([2H])Oc1ccc(CCC)cc1OC. The summed E-state index contributed by atoms with van der Waals surface area (Å²) in [7, 11) is -0.947. The van der Waals surface area contributed by atoms with Crippen LogP contribution in [-0.2, 0) is 6.42 Å². The molecule has 72 valence electrons. The van der Waals surface area contributed by atoms with Crippen molar-refractivity contribution in [2.45, 2.75) is 19.8 Å². The molecule has 0 unspecified atom stereocenters. The Kier molecular flexibility index (Phi) is 2.30. The smallest absolute Gasteiger partial charge is 0.160 e. The van der Waals surface area contributed by atoms with Gasteiger partial charge in [0.1, 0.15) is 0 Å². The van der Waals surface area contributed by atoms with Crippen molar-refractivity contribution >= 4 is 0 Å². The van der Waals surface area contributed by atoms with Gasteiger partial charge in [-0.2, -0.15) is 0 Å². The maximum Gasteiger partial charge on any atom is 0.160 e. The standard InChI is InChI=1S/C11H16O2/c1-4-5-9-6-7-10(12-2)11(8-9)13-3/h6-8H,4-5H2,1-3H3/i2D3. The van der Waals surface area contributed by atoms with Crippen molar-refractivity contribution in [1.29, 1.82) is 0 Å². The number of aryl methyl sites for hydroxylation is 1. The maximum absolute atomic E-state index is 7.03. The van der Waals surface area contributed by atoms with Gasteiger partial charge in [0.15, 0.2) is 11.5 Å². The minimum absolute atomic E-state index is 0.252. The van der Waals surface area contributed by atoms with E-state index in [0.29, 0.717) is 5.75 Å². The number of benzene rings is 1. The minimum Gasteiger partial charge on any atom is -0.493 e. The quantitative estimate of drug-likeness (QED) is 0.714. The van der Waals surface area contributed by atoms with Crippen molar-refractivity contribution in [2.24, 2.45) is 0 Å². The van der Waals surface area contributed by atoms with E-state index in [0.717, 1.165) is 18.4 Å². The van der Waals surface area contributed by atoms with Crippen LogP contribution in [0, 0.1) is 0 Å². The summed E-state index contributed by atoms with van der Waals surface area (Å²) < 4.78 is 31.0. The van der Waals surface area contributed by atoms with Crippen LogP contribution in [0.5, 0.6) is 11.5 Å². The van der Waals surface area contributed by atoms with Crippen molar-refractivity contribution in [3.8, 4) is 11.5 Å². The van der Waals surface area contributed by atoms with Gasteiger partial charge in [0.25, 0.3) is 0 Å². The lowest BCUT2D eigenvalue weighted by Gasteiger charge is -2.08. The summed E-state index contributed by atoms with van der Waals surface area (Å²) in [6, 6.07) is 5.30. The van der Waals surface area contributed by atoms with Crippen LogP contribution in [0.4, 0.5) is 0 Å². The fourth-order valence-electron chi connectivity index (χ4n) is 1.24. The number of ether oxygens (including phenoxy) is 2. The van der Waals surface area contributed by atoms with Crippen LogP contribution in [0.3, 0.4) is 0 Å². The van der Waals surface area contributed by atoms with Gasteiger partial charge < -0.3 is 9.47 Å². The topological polar surface area (TPSA) is 18.5 Å². The summed E-state index contributed by atoms with van der Waals surface area (Å²) >= 11 is 0. The van der Waals surface area contributed by atoms with E-state index in [1.54, 1.807) is 6.07 Å². The molecule has 0 N–H and O–H groups in total. The van der Waals surface area contributed by atoms with E-state index in [-0.39, 0.29) is 5.75 Å². The van der Waals surface area contributed by atoms with Crippen molar-refractivity contribution in [1.82, 2.24) is 0 Å². The van der Waals surface area contributed by atoms with E-state index in [2.05, 4.69) is 6.92 Å². The highest BCUT2D eigenvalue weighted by atomic mass is 16.5. The highest BCUT2D eigenvalue weighted by Crippen LogP contribution is 2.27. The zero-order valence-electron chi connectivity index (χ0n) is 11.0. The molecule has 0 radical (unpaired) electrons. The van der Waals surface area contributed by atoms with Gasteiger partial charge in [0.2, 0.25) is 0 Å². The van der Waals surface area contributed by atoms with E-state index in [1.165, 1.54) is 7.11 Å². The van der Waals surface area contributed by atoms with Crippen LogP contribution >= 0.6 is 0 Å². The van der Waals surface area contributed by atoms with Crippen molar-refractivity contribution < 1.29 is 13.6 Å². The van der Waals surface area contributed by atoms with E-state index < -0.39 is 7.04 Å². The van der Waals surface area contributed by atoms with Crippen LogP contribution < -0.4 is 9.47 Å². The Bertz CT molecular complexity index is 348. The van der Waals surface area contributed by atoms with E-state index in [4.69, 9.17) is 13.6 Å². The van der Waals surface area contributed by atoms with E-state index in [9.17, 15) is 0 Å². The van der Waals surface area contributed by atoms with Crippen LogP contribution in [0.2, 0.25) is 0 Å². The molecular weight excluding hydrogens is 164 g/mol. The van der Waals surface area contributed by atoms with E-state index >= 15 is 0 Å². The Hall–Kier alpha value is -1.18. The first-order valence-electron chi connectivity index (χ1n) is 5.82. The molecule has 0 aliphatic rings. The predicted molar refractivity (Wildman–Crippen MR) is 53.5 cm³/mol. The number of methoxy groups -OCH3 is 2. The normalized spacial score (nSPS) is 14.2. The van der Waals surface area contributed by atoms with Gasteiger partial charge in [-0.05, 0) is 24.1 Å². The van der Waals surface area contributed by atoms with Gasteiger partial charge in [0.05, 0.1) is 18.3 Å². The largest absolute Gasteiger partial charge is 0.493 e. The summed E-state index contributed by atoms with van der Waals surface area (Å²) in [6.45, 7) is 2.08. The molecule has 1 rings (SSSR count). The lowest BCUT2D eigenvalue weighted by Crippen LogP contribution is -1.92. The van der Waals surface area contributed by atoms with Gasteiger partial charge in [-0.3, -0.25) is 0 Å². The monoisotopic (exact) mass is 183 g/mol. The molecule has 0 spiro atoms. The average molecular weight is 183 g/mol. The summed E-state index contributed by atoms with van der Waals surface area (Å²) in [5.41, 5.74) is 1.11. The predicted octanol–water partition coefficient (Wildman–Crippen LogP) is 2.66. The molecule has 0 atom stereocenters. The van der Waals surface area contributed by atoms with Gasteiger partial charge in [0, 0.05) is 0 Å². The zero-order valence-corrected chi connectivity index (χ0v) is 7.96. The molecule has 0 saturated heterocycles. The Morgan fingerprint density at radius 2 is 2.15 bits per heavy atom. The first-order chi connectivity index (χ1) is 7.46. The summed E-state index contributed by atoms with van der Waals surface area (Å²) in [5, 5.41) is 0. The minimum atomic E-state index is -2.44. The van der Waals surface area contributed by atoms with Crippen LogP contribution in [0.25, 0.3) is 0 Å². The third-order valence-corrected chi connectivity index (χ3v) is 1.88. The molecule has 1 aromatic rings. The number of hydrogen-bond acceptors (Lipinski definition) is 2. The molecule has 0 bridgehead atoms. The molecule has 0 aliphatic carbocycles. The maximum atomic E-state index is 7.03. The number of rotatable bonds is 4. The van der Waals surface area contributed by atoms with Gasteiger partial charge >= 0.3 is 0 Å². The third-order valence-electron chi connectivity index (χ3n) is 1.88.